The van der Waals surface area contributed by atoms with Crippen LogP contribution in [0.15, 0.2) is 42.5 Å². The number of nitrogens with one attached hydrogen (secondary N) is 1. The molecular weight excluding hydrogens is 322 g/mol. The number of benzene rings is 2. The summed E-state index contributed by atoms with van der Waals surface area (Å²) in [6.45, 7) is 2.07. The molecule has 1 amide bonds. The molecule has 0 aliphatic carbocycles. The van der Waals surface area contributed by atoms with Gasteiger partial charge in [-0.2, -0.15) is 0 Å². The van der Waals surface area contributed by atoms with Crippen LogP contribution >= 0.6 is 0 Å². The maximum atomic E-state index is 12.2. The van der Waals surface area contributed by atoms with Gasteiger partial charge in [0.15, 0.2) is 17.6 Å². The molecule has 2 rings (SSSR count). The third-order valence-corrected chi connectivity index (χ3v) is 3.66. The second-order valence-corrected chi connectivity index (χ2v) is 5.34. The molecule has 0 fully saturated rings. The lowest BCUT2D eigenvalue weighted by Gasteiger charge is -2.15. The minimum absolute atomic E-state index is 0.203. The molecule has 1 N–H and O–H groups in total. The SMILES string of the molecule is COc1ccc(OC(C)C(=O)NCc2ccc(OC)c(OC)c2)cc1. The fourth-order valence-corrected chi connectivity index (χ4v) is 2.24. The average molecular weight is 345 g/mol. The molecule has 6 heteroatoms. The third kappa shape index (κ3) is 5.04. The largest absolute Gasteiger partial charge is 0.497 e. The van der Waals surface area contributed by atoms with E-state index >= 15 is 0 Å². The molecule has 0 heterocycles. The zero-order chi connectivity index (χ0) is 18.2. The van der Waals surface area contributed by atoms with Crippen molar-refractivity contribution in [3.05, 3.63) is 48.0 Å². The number of carbonyl (C=O) groups is 1. The lowest BCUT2D eigenvalue weighted by Crippen LogP contribution is -2.35. The maximum Gasteiger partial charge on any atom is 0.261 e. The van der Waals surface area contributed by atoms with Gasteiger partial charge in [0.25, 0.3) is 5.91 Å². The van der Waals surface area contributed by atoms with Crippen LogP contribution in [0, 0.1) is 0 Å². The summed E-state index contributed by atoms with van der Waals surface area (Å²) in [5.74, 6) is 2.41. The van der Waals surface area contributed by atoms with Crippen LogP contribution in [0.25, 0.3) is 0 Å². The van der Waals surface area contributed by atoms with Crippen LogP contribution in [0.2, 0.25) is 0 Å². The first-order chi connectivity index (χ1) is 12.1. The molecule has 0 bridgehead atoms. The van der Waals surface area contributed by atoms with Crippen molar-refractivity contribution in [2.45, 2.75) is 19.6 Å². The predicted octanol–water partition coefficient (Wildman–Crippen LogP) is 2.80. The van der Waals surface area contributed by atoms with Crippen LogP contribution < -0.4 is 24.3 Å². The summed E-state index contributed by atoms with van der Waals surface area (Å²) in [6.07, 6.45) is -0.617. The summed E-state index contributed by atoms with van der Waals surface area (Å²) >= 11 is 0. The Bertz CT molecular complexity index is 699. The van der Waals surface area contributed by atoms with E-state index in [4.69, 9.17) is 18.9 Å². The van der Waals surface area contributed by atoms with E-state index in [0.29, 0.717) is 23.8 Å². The first kappa shape index (κ1) is 18.4. The number of ether oxygens (including phenoxy) is 4. The molecule has 0 saturated heterocycles. The summed E-state index contributed by atoms with van der Waals surface area (Å²) in [6, 6.07) is 12.6. The van der Waals surface area contributed by atoms with Crippen molar-refractivity contribution >= 4 is 5.91 Å². The van der Waals surface area contributed by atoms with E-state index in [1.165, 1.54) is 0 Å². The number of hydrogen-bond acceptors (Lipinski definition) is 5. The minimum Gasteiger partial charge on any atom is -0.497 e. The Kier molecular flexibility index (Phi) is 6.51. The van der Waals surface area contributed by atoms with Gasteiger partial charge in [-0.1, -0.05) is 6.07 Å². The Labute approximate surface area is 147 Å². The predicted molar refractivity (Wildman–Crippen MR) is 94.5 cm³/mol. The molecule has 1 atom stereocenters. The highest BCUT2D eigenvalue weighted by molar-refractivity contribution is 5.80. The topological polar surface area (TPSA) is 66.0 Å². The standard InChI is InChI=1S/C19H23NO5/c1-13(25-16-8-6-15(22-2)7-9-16)19(21)20-12-14-5-10-17(23-3)18(11-14)24-4/h5-11,13H,12H2,1-4H3,(H,20,21). The van der Waals surface area contributed by atoms with Crippen LogP contribution in [0.5, 0.6) is 23.0 Å². The molecule has 0 spiro atoms. The molecule has 134 valence electrons. The van der Waals surface area contributed by atoms with E-state index in [9.17, 15) is 4.79 Å². The third-order valence-electron chi connectivity index (χ3n) is 3.66. The second kappa shape index (κ2) is 8.82. The van der Waals surface area contributed by atoms with Crippen LogP contribution in [-0.4, -0.2) is 33.3 Å². The molecule has 0 aromatic heterocycles. The fraction of sp³-hybridized carbons (Fsp3) is 0.316. The maximum absolute atomic E-state index is 12.2. The van der Waals surface area contributed by atoms with Crippen LogP contribution in [0.4, 0.5) is 0 Å². The van der Waals surface area contributed by atoms with Gasteiger partial charge in [-0.05, 0) is 48.9 Å². The summed E-state index contributed by atoms with van der Waals surface area (Å²) in [5, 5.41) is 2.85. The van der Waals surface area contributed by atoms with Gasteiger partial charge in [0.1, 0.15) is 11.5 Å². The van der Waals surface area contributed by atoms with Crippen LogP contribution in [0.3, 0.4) is 0 Å². The summed E-state index contributed by atoms with van der Waals surface area (Å²) in [4.78, 5) is 12.2. The van der Waals surface area contributed by atoms with Crippen molar-refractivity contribution in [3.8, 4) is 23.0 Å². The Morgan fingerprint density at radius 2 is 1.56 bits per heavy atom. The molecule has 0 aliphatic rings. The highest BCUT2D eigenvalue weighted by atomic mass is 16.5. The lowest BCUT2D eigenvalue weighted by atomic mass is 10.2. The van der Waals surface area contributed by atoms with Crippen molar-refractivity contribution in [3.63, 3.8) is 0 Å². The number of hydrogen-bond donors (Lipinski definition) is 1. The molecule has 0 aliphatic heterocycles. The van der Waals surface area contributed by atoms with Crippen molar-refractivity contribution in [1.29, 1.82) is 0 Å². The number of methoxy groups -OCH3 is 3. The smallest absolute Gasteiger partial charge is 0.261 e. The molecular formula is C19H23NO5. The second-order valence-electron chi connectivity index (χ2n) is 5.34. The highest BCUT2D eigenvalue weighted by Gasteiger charge is 2.15. The Balaban J connectivity index is 1.90. The Morgan fingerprint density at radius 1 is 0.920 bits per heavy atom. The first-order valence-corrected chi connectivity index (χ1v) is 7.86. The summed E-state index contributed by atoms with van der Waals surface area (Å²) in [5.41, 5.74) is 0.905. The van der Waals surface area contributed by atoms with E-state index in [2.05, 4.69) is 5.32 Å². The quantitative estimate of drug-likeness (QED) is 0.797. The molecule has 0 radical (unpaired) electrons. The van der Waals surface area contributed by atoms with E-state index in [-0.39, 0.29) is 5.91 Å². The van der Waals surface area contributed by atoms with Gasteiger partial charge in [-0.3, -0.25) is 4.79 Å². The average Bonchev–Trinajstić information content (AvgIpc) is 2.66. The van der Waals surface area contributed by atoms with Gasteiger partial charge in [0.2, 0.25) is 0 Å². The monoisotopic (exact) mass is 345 g/mol. The van der Waals surface area contributed by atoms with Crippen molar-refractivity contribution < 1.29 is 23.7 Å². The van der Waals surface area contributed by atoms with E-state index < -0.39 is 6.10 Å². The van der Waals surface area contributed by atoms with Gasteiger partial charge in [-0.25, -0.2) is 0 Å². The number of carbonyl (C=O) groups excluding carboxylic acids is 1. The fourth-order valence-electron chi connectivity index (χ4n) is 2.24. The van der Waals surface area contributed by atoms with Gasteiger partial charge in [-0.15, -0.1) is 0 Å². The van der Waals surface area contributed by atoms with Crippen molar-refractivity contribution in [2.24, 2.45) is 0 Å². The van der Waals surface area contributed by atoms with Crippen molar-refractivity contribution in [2.75, 3.05) is 21.3 Å². The number of rotatable bonds is 8. The summed E-state index contributed by atoms with van der Waals surface area (Å²) in [7, 11) is 4.75. The van der Waals surface area contributed by atoms with Gasteiger partial charge < -0.3 is 24.3 Å². The molecule has 2 aromatic carbocycles. The lowest BCUT2D eigenvalue weighted by molar-refractivity contribution is -0.127. The molecule has 25 heavy (non-hydrogen) atoms. The van der Waals surface area contributed by atoms with E-state index in [1.54, 1.807) is 58.6 Å². The van der Waals surface area contributed by atoms with Crippen LogP contribution in [0.1, 0.15) is 12.5 Å². The molecule has 6 nitrogen and oxygen atoms in total. The first-order valence-electron chi connectivity index (χ1n) is 7.86. The Morgan fingerprint density at radius 3 is 2.16 bits per heavy atom. The molecule has 2 aromatic rings. The zero-order valence-corrected chi connectivity index (χ0v) is 14.9. The van der Waals surface area contributed by atoms with E-state index in [0.717, 1.165) is 11.3 Å². The van der Waals surface area contributed by atoms with Gasteiger partial charge in [0.05, 0.1) is 21.3 Å². The highest BCUT2D eigenvalue weighted by Crippen LogP contribution is 2.27. The normalized spacial score (nSPS) is 11.4. The van der Waals surface area contributed by atoms with Gasteiger partial charge >= 0.3 is 0 Å². The molecule has 1 unspecified atom stereocenters. The zero-order valence-electron chi connectivity index (χ0n) is 14.9. The number of amides is 1. The summed E-state index contributed by atoms with van der Waals surface area (Å²) < 4.78 is 21.2. The van der Waals surface area contributed by atoms with E-state index in [1.807, 2.05) is 12.1 Å². The minimum atomic E-state index is -0.617. The molecule has 0 saturated carbocycles. The Hall–Kier alpha value is -2.89. The van der Waals surface area contributed by atoms with Crippen molar-refractivity contribution in [1.82, 2.24) is 5.32 Å². The van der Waals surface area contributed by atoms with Gasteiger partial charge in [0, 0.05) is 6.54 Å². The van der Waals surface area contributed by atoms with Crippen LogP contribution in [-0.2, 0) is 11.3 Å².